The zero-order valence-corrected chi connectivity index (χ0v) is 21.1. The molecule has 180 valence electrons. The van der Waals surface area contributed by atoms with E-state index in [1.807, 2.05) is 18.5 Å². The van der Waals surface area contributed by atoms with Crippen molar-refractivity contribution in [2.24, 2.45) is 27.7 Å². The van der Waals surface area contributed by atoms with E-state index in [-0.39, 0.29) is 10.8 Å². The number of Topliss-reactive ketones (excluding diaryl/α,β-unsaturated/α-hetero) is 1. The highest BCUT2D eigenvalue weighted by Crippen LogP contribution is 2.65. The van der Waals surface area contributed by atoms with Gasteiger partial charge in [0.15, 0.2) is 5.78 Å². The first-order valence-electron chi connectivity index (χ1n) is 12.3. The summed E-state index contributed by atoms with van der Waals surface area (Å²) in [6.07, 6.45) is 17.4. The van der Waals surface area contributed by atoms with Crippen LogP contribution in [0.25, 0.3) is 5.57 Å². The minimum Gasteiger partial charge on any atom is -0.304 e. The molecule has 1 aromatic heterocycles. The Morgan fingerprint density at radius 2 is 1.88 bits per heavy atom. The van der Waals surface area contributed by atoms with Crippen LogP contribution in [0.15, 0.2) is 71.2 Å². The van der Waals surface area contributed by atoms with Crippen LogP contribution in [0.3, 0.4) is 0 Å². The van der Waals surface area contributed by atoms with Crippen LogP contribution in [-0.4, -0.2) is 23.8 Å². The van der Waals surface area contributed by atoms with E-state index in [0.29, 0.717) is 17.6 Å². The van der Waals surface area contributed by atoms with Gasteiger partial charge in [0, 0.05) is 30.4 Å². The fourth-order valence-corrected chi connectivity index (χ4v) is 6.92. The monoisotopic (exact) mass is 458 g/mol. The van der Waals surface area contributed by atoms with E-state index in [1.165, 1.54) is 49.1 Å². The number of ketones is 1. The molecule has 0 amide bonds. The van der Waals surface area contributed by atoms with E-state index < -0.39 is 0 Å². The molecule has 0 aliphatic heterocycles. The third-order valence-electron chi connectivity index (χ3n) is 8.56. The Balaban J connectivity index is 0.000000413. The number of hydrogen-bond acceptors (Lipinski definition) is 4. The molecule has 4 atom stereocenters. The number of carbonyl (C=O) groups excluding carboxylic acids is 2. The van der Waals surface area contributed by atoms with Crippen molar-refractivity contribution >= 4 is 24.4 Å². The highest BCUT2D eigenvalue weighted by atomic mass is 16.1. The third kappa shape index (κ3) is 4.43. The van der Waals surface area contributed by atoms with Gasteiger partial charge in [-0.3, -0.25) is 14.8 Å². The van der Waals surface area contributed by atoms with Crippen LogP contribution in [0.4, 0.5) is 0 Å². The lowest BCUT2D eigenvalue weighted by molar-refractivity contribution is -0.117. The van der Waals surface area contributed by atoms with Crippen molar-refractivity contribution in [2.45, 2.75) is 66.2 Å². The Morgan fingerprint density at radius 1 is 1.18 bits per heavy atom. The van der Waals surface area contributed by atoms with Crippen molar-refractivity contribution in [3.63, 3.8) is 0 Å². The van der Waals surface area contributed by atoms with Crippen LogP contribution in [0.5, 0.6) is 0 Å². The third-order valence-corrected chi connectivity index (χ3v) is 8.56. The van der Waals surface area contributed by atoms with Gasteiger partial charge in [-0.2, -0.15) is 0 Å². The van der Waals surface area contributed by atoms with Gasteiger partial charge in [0.1, 0.15) is 6.29 Å². The van der Waals surface area contributed by atoms with Crippen LogP contribution in [0.2, 0.25) is 0 Å². The molecule has 0 N–H and O–H groups in total. The highest BCUT2D eigenvalue weighted by Gasteiger charge is 2.55. The number of pyridine rings is 1. The van der Waals surface area contributed by atoms with Gasteiger partial charge in [-0.25, -0.2) is 0 Å². The number of hydrogen-bond donors (Lipinski definition) is 0. The largest absolute Gasteiger partial charge is 0.304 e. The van der Waals surface area contributed by atoms with Crippen molar-refractivity contribution in [1.82, 2.24) is 4.98 Å². The van der Waals surface area contributed by atoms with E-state index in [4.69, 9.17) is 4.79 Å². The Morgan fingerprint density at radius 3 is 2.50 bits per heavy atom. The van der Waals surface area contributed by atoms with Crippen molar-refractivity contribution in [3.8, 4) is 0 Å². The molecule has 4 heteroatoms. The Kier molecular flexibility index (Phi) is 8.01. The van der Waals surface area contributed by atoms with Crippen LogP contribution in [0, 0.1) is 22.7 Å². The summed E-state index contributed by atoms with van der Waals surface area (Å²) in [6, 6.07) is 4.25. The molecule has 1 heterocycles. The molecule has 34 heavy (non-hydrogen) atoms. The number of carbonyl (C=O) groups is 2. The van der Waals surface area contributed by atoms with Crippen molar-refractivity contribution < 1.29 is 9.59 Å². The Hall–Kier alpha value is -2.88. The van der Waals surface area contributed by atoms with Gasteiger partial charge in [-0.1, -0.05) is 49.8 Å². The van der Waals surface area contributed by atoms with Crippen LogP contribution < -0.4 is 0 Å². The SMILES string of the molecule is C=CN=C.CC1=C2CC[C@H]3C4=CC=C(c5cccnc5)[C@@]4(C)CC[C@@H]3[C@@]2(C)CCC1=O.CC=O. The average Bonchev–Trinajstić information content (AvgIpc) is 3.20. The lowest BCUT2D eigenvalue weighted by Crippen LogP contribution is -2.47. The minimum atomic E-state index is 0.154. The van der Waals surface area contributed by atoms with Gasteiger partial charge >= 0.3 is 0 Å². The summed E-state index contributed by atoms with van der Waals surface area (Å²) in [5, 5.41) is 0. The lowest BCUT2D eigenvalue weighted by atomic mass is 9.48. The topological polar surface area (TPSA) is 59.4 Å². The molecule has 5 rings (SSSR count). The molecule has 0 saturated heterocycles. The van der Waals surface area contributed by atoms with E-state index in [9.17, 15) is 4.79 Å². The standard InChI is InChI=1S/C25H29NO.C3H5N.C2H4O/c1-16-19-7-6-18-21-9-8-20(17-5-4-14-26-15-17)25(21,3)12-10-22(18)24(19,2)13-11-23(16)27;1-3-4-2;1-2-3/h4-5,8-9,14-15,18,22H,6-7,10-13H2,1-3H3;3H,1-2H2;2H,1H3/t18-,22-,24-,25+;;/m0../s1. The Labute approximate surface area is 204 Å². The van der Waals surface area contributed by atoms with Crippen molar-refractivity contribution in [1.29, 1.82) is 0 Å². The average molecular weight is 459 g/mol. The molecule has 0 radical (unpaired) electrons. The number of allylic oxidation sites excluding steroid dienone is 6. The summed E-state index contributed by atoms with van der Waals surface area (Å²) in [4.78, 5) is 28.7. The van der Waals surface area contributed by atoms with Gasteiger partial charge in [0.2, 0.25) is 0 Å². The second-order valence-corrected chi connectivity index (χ2v) is 10.1. The van der Waals surface area contributed by atoms with E-state index in [0.717, 1.165) is 31.1 Å². The zero-order chi connectivity index (χ0) is 24.9. The molecule has 2 saturated carbocycles. The van der Waals surface area contributed by atoms with Gasteiger partial charge in [0.05, 0.1) is 0 Å². The zero-order valence-electron chi connectivity index (χ0n) is 21.1. The first kappa shape index (κ1) is 25.7. The van der Waals surface area contributed by atoms with E-state index in [2.05, 4.69) is 62.3 Å². The summed E-state index contributed by atoms with van der Waals surface area (Å²) in [7, 11) is 0. The number of fused-ring (bicyclic) bond motifs is 5. The predicted molar refractivity (Wildman–Crippen MR) is 140 cm³/mol. The normalized spacial score (nSPS) is 31.1. The maximum Gasteiger partial charge on any atom is 0.158 e. The molecule has 4 nitrogen and oxygen atoms in total. The fourth-order valence-electron chi connectivity index (χ4n) is 6.92. The molecule has 0 unspecified atom stereocenters. The number of aldehydes is 1. The molecule has 0 bridgehead atoms. The molecule has 4 aliphatic rings. The summed E-state index contributed by atoms with van der Waals surface area (Å²) < 4.78 is 0. The molecular weight excluding hydrogens is 420 g/mol. The second kappa shape index (κ2) is 10.6. The minimum absolute atomic E-state index is 0.154. The second-order valence-electron chi connectivity index (χ2n) is 10.1. The molecule has 2 fully saturated rings. The smallest absolute Gasteiger partial charge is 0.158 e. The van der Waals surface area contributed by atoms with E-state index >= 15 is 0 Å². The lowest BCUT2D eigenvalue weighted by Gasteiger charge is -2.56. The van der Waals surface area contributed by atoms with Crippen molar-refractivity contribution in [2.75, 3.05) is 0 Å². The summed E-state index contributed by atoms with van der Waals surface area (Å²) >= 11 is 0. The highest BCUT2D eigenvalue weighted by molar-refractivity contribution is 5.96. The van der Waals surface area contributed by atoms with E-state index in [1.54, 1.807) is 5.57 Å². The molecule has 0 spiro atoms. The fraction of sp³-hybridized carbons (Fsp3) is 0.467. The number of rotatable bonds is 2. The molecule has 4 aliphatic carbocycles. The number of aromatic nitrogens is 1. The van der Waals surface area contributed by atoms with Gasteiger partial charge < -0.3 is 4.79 Å². The molecule has 0 aromatic carbocycles. The predicted octanol–water partition coefficient (Wildman–Crippen LogP) is 6.95. The summed E-state index contributed by atoms with van der Waals surface area (Å²) in [6.45, 7) is 14.8. The maximum atomic E-state index is 12.3. The maximum absolute atomic E-state index is 12.3. The van der Waals surface area contributed by atoms with Crippen LogP contribution in [0.1, 0.15) is 71.8 Å². The molecular formula is C30H38N2O2. The van der Waals surface area contributed by atoms with Crippen molar-refractivity contribution in [3.05, 3.63) is 71.7 Å². The first-order valence-corrected chi connectivity index (χ1v) is 12.3. The number of aliphatic imine (C=N–C) groups is 1. The first-order chi connectivity index (χ1) is 16.3. The van der Waals surface area contributed by atoms with Crippen LogP contribution >= 0.6 is 0 Å². The van der Waals surface area contributed by atoms with Gasteiger partial charge in [0.25, 0.3) is 0 Å². The quantitative estimate of drug-likeness (QED) is 0.356. The summed E-state index contributed by atoms with van der Waals surface area (Å²) in [5.41, 5.74) is 7.32. The molecule has 1 aromatic rings. The van der Waals surface area contributed by atoms with Crippen LogP contribution in [-0.2, 0) is 9.59 Å². The Bertz CT molecular complexity index is 1040. The van der Waals surface area contributed by atoms with Gasteiger partial charge in [-0.05, 0) is 92.7 Å². The summed E-state index contributed by atoms with van der Waals surface area (Å²) in [5.74, 6) is 1.73. The number of nitrogens with zero attached hydrogens (tertiary/aromatic N) is 2. The van der Waals surface area contributed by atoms with Gasteiger partial charge in [-0.15, -0.1) is 0 Å².